The van der Waals surface area contributed by atoms with Crippen molar-refractivity contribution in [3.8, 4) is 11.3 Å². The molecule has 0 spiro atoms. The predicted molar refractivity (Wildman–Crippen MR) is 146 cm³/mol. The molecule has 38 heavy (non-hydrogen) atoms. The van der Waals surface area contributed by atoms with E-state index in [-0.39, 0.29) is 24.5 Å². The van der Waals surface area contributed by atoms with E-state index in [9.17, 15) is 14.7 Å². The van der Waals surface area contributed by atoms with Crippen molar-refractivity contribution in [1.82, 2.24) is 20.2 Å². The van der Waals surface area contributed by atoms with Gasteiger partial charge in [0.1, 0.15) is 6.04 Å². The number of aliphatic hydroxyl groups excluding tert-OH is 1. The molecule has 5 rings (SSSR count). The van der Waals surface area contributed by atoms with Gasteiger partial charge in [0.2, 0.25) is 11.9 Å². The normalized spacial score (nSPS) is 17.3. The number of carbonyl (C=O) groups excluding carboxylic acids is 2. The fourth-order valence-electron chi connectivity index (χ4n) is 4.76. The third-order valence-electron chi connectivity index (χ3n) is 7.01. The molecule has 2 aliphatic rings. The molecule has 11 heteroatoms. The summed E-state index contributed by atoms with van der Waals surface area (Å²) in [6, 6.07) is 6.47. The van der Waals surface area contributed by atoms with Gasteiger partial charge in [0.15, 0.2) is 0 Å². The Morgan fingerprint density at radius 3 is 2.82 bits per heavy atom. The van der Waals surface area contributed by atoms with E-state index in [0.29, 0.717) is 47.6 Å². The van der Waals surface area contributed by atoms with Crippen LogP contribution in [-0.4, -0.2) is 63.7 Å². The Labute approximate surface area is 230 Å². The Bertz CT molecular complexity index is 1340. The van der Waals surface area contributed by atoms with Crippen LogP contribution in [0.3, 0.4) is 0 Å². The summed E-state index contributed by atoms with van der Waals surface area (Å²) in [7, 11) is 0. The molecule has 4 heterocycles. The molecule has 2 unspecified atom stereocenters. The second kappa shape index (κ2) is 11.4. The Balaban J connectivity index is 1.31. The molecule has 200 valence electrons. The molecule has 2 aromatic heterocycles. The van der Waals surface area contributed by atoms with E-state index in [0.717, 1.165) is 28.8 Å². The summed E-state index contributed by atoms with van der Waals surface area (Å²) in [6.07, 6.45) is 3.32. The number of aryl methyl sites for hydroxylation is 1. The molecular formula is C27H30ClN5O4S. The summed E-state index contributed by atoms with van der Waals surface area (Å²) in [6.45, 7) is 5.16. The number of carbonyl (C=O) groups is 2. The van der Waals surface area contributed by atoms with Gasteiger partial charge in [-0.05, 0) is 55.3 Å². The van der Waals surface area contributed by atoms with Gasteiger partial charge in [-0.2, -0.15) is 0 Å². The molecule has 9 nitrogen and oxygen atoms in total. The fraction of sp³-hybridized carbons (Fsp3) is 0.407. The fourth-order valence-corrected chi connectivity index (χ4v) is 5.72. The van der Waals surface area contributed by atoms with Gasteiger partial charge in [0, 0.05) is 41.8 Å². The zero-order chi connectivity index (χ0) is 26.8. The lowest BCUT2D eigenvalue weighted by Gasteiger charge is -2.25. The summed E-state index contributed by atoms with van der Waals surface area (Å²) in [5.41, 5.74) is 3.43. The van der Waals surface area contributed by atoms with Crippen LogP contribution in [0.1, 0.15) is 52.2 Å². The summed E-state index contributed by atoms with van der Waals surface area (Å²) in [4.78, 5) is 38.0. The van der Waals surface area contributed by atoms with E-state index in [1.165, 1.54) is 4.90 Å². The number of aliphatic hydroxyl groups is 1. The highest BCUT2D eigenvalue weighted by Crippen LogP contribution is 2.32. The molecule has 2 atom stereocenters. The maximum Gasteiger partial charge on any atom is 0.255 e. The lowest BCUT2D eigenvalue weighted by molar-refractivity contribution is -0.126. The Kier molecular flexibility index (Phi) is 7.94. The van der Waals surface area contributed by atoms with Crippen LogP contribution in [0.25, 0.3) is 11.3 Å². The monoisotopic (exact) mass is 555 g/mol. The molecule has 1 saturated heterocycles. The predicted octanol–water partition coefficient (Wildman–Crippen LogP) is 3.95. The van der Waals surface area contributed by atoms with Crippen LogP contribution in [0.4, 0.5) is 5.95 Å². The van der Waals surface area contributed by atoms with Crippen LogP contribution in [-0.2, 0) is 16.1 Å². The summed E-state index contributed by atoms with van der Waals surface area (Å²) < 4.78 is 5.41. The summed E-state index contributed by atoms with van der Waals surface area (Å²) in [5, 5.41) is 18.4. The van der Waals surface area contributed by atoms with Crippen molar-refractivity contribution in [2.45, 2.75) is 51.4 Å². The maximum atomic E-state index is 13.4. The minimum absolute atomic E-state index is 0.225. The molecule has 3 N–H and O–H groups in total. The van der Waals surface area contributed by atoms with Crippen molar-refractivity contribution < 1.29 is 19.4 Å². The number of fused-ring (bicyclic) bond motifs is 1. The first-order valence-electron chi connectivity index (χ1n) is 12.6. The van der Waals surface area contributed by atoms with Crippen molar-refractivity contribution in [2.75, 3.05) is 25.1 Å². The first kappa shape index (κ1) is 26.6. The molecule has 3 aromatic rings. The van der Waals surface area contributed by atoms with Gasteiger partial charge in [-0.3, -0.25) is 9.59 Å². The molecule has 0 radical (unpaired) electrons. The number of nitrogens with zero attached hydrogens (tertiary/aromatic N) is 3. The van der Waals surface area contributed by atoms with Crippen molar-refractivity contribution >= 4 is 40.7 Å². The molecular weight excluding hydrogens is 526 g/mol. The van der Waals surface area contributed by atoms with Gasteiger partial charge >= 0.3 is 0 Å². The van der Waals surface area contributed by atoms with E-state index in [1.807, 2.05) is 30.5 Å². The van der Waals surface area contributed by atoms with Crippen molar-refractivity contribution in [3.05, 3.63) is 62.4 Å². The Hall–Kier alpha value is -3.05. The highest BCUT2D eigenvalue weighted by atomic mass is 35.5. The molecule has 2 aliphatic heterocycles. The molecule has 0 aliphatic carbocycles. The summed E-state index contributed by atoms with van der Waals surface area (Å²) in [5.74, 6) is -0.0755. The van der Waals surface area contributed by atoms with E-state index < -0.39 is 12.1 Å². The van der Waals surface area contributed by atoms with E-state index >= 15 is 0 Å². The zero-order valence-electron chi connectivity index (χ0n) is 21.2. The average Bonchev–Trinajstić information content (AvgIpc) is 3.51. The topological polar surface area (TPSA) is 117 Å². The van der Waals surface area contributed by atoms with Gasteiger partial charge in [0.05, 0.1) is 29.6 Å². The molecule has 0 bridgehead atoms. The quantitative estimate of drug-likeness (QED) is 0.385. The lowest BCUT2D eigenvalue weighted by Crippen LogP contribution is -2.46. The minimum atomic E-state index is -0.718. The van der Waals surface area contributed by atoms with Gasteiger partial charge < -0.3 is 25.4 Å². The van der Waals surface area contributed by atoms with Crippen LogP contribution in [0.2, 0.25) is 5.02 Å². The van der Waals surface area contributed by atoms with Gasteiger partial charge in [-0.25, -0.2) is 9.97 Å². The average molecular weight is 556 g/mol. The molecule has 2 amide bonds. The van der Waals surface area contributed by atoms with E-state index in [4.69, 9.17) is 16.3 Å². The number of anilines is 1. The Morgan fingerprint density at radius 1 is 1.32 bits per heavy atom. The number of ether oxygens (including phenoxy) is 1. The van der Waals surface area contributed by atoms with E-state index in [2.05, 4.69) is 20.6 Å². The standard InChI is InChI=1S/C27H30ClN5O4S/c1-15-9-19(14-38-15)23(13-34)31-25(35)16(2)33-12-18-4-3-17(10-21(18)26(33)36)24-22(28)11-29-27(32-24)30-20-5-7-37-8-6-20/h3-4,9-11,14,16,20,23,34H,5-8,12-13H2,1-2H3,(H,31,35)(H,29,30,32). The lowest BCUT2D eigenvalue weighted by atomic mass is 10.0. The number of hydrogen-bond acceptors (Lipinski definition) is 8. The molecule has 1 aromatic carbocycles. The highest BCUT2D eigenvalue weighted by Gasteiger charge is 2.35. The molecule has 1 fully saturated rings. The number of hydrogen-bond donors (Lipinski definition) is 3. The van der Waals surface area contributed by atoms with Crippen LogP contribution >= 0.6 is 22.9 Å². The third-order valence-corrected chi connectivity index (χ3v) is 8.17. The highest BCUT2D eigenvalue weighted by molar-refractivity contribution is 7.10. The second-order valence-electron chi connectivity index (χ2n) is 9.64. The van der Waals surface area contributed by atoms with Crippen molar-refractivity contribution in [2.24, 2.45) is 0 Å². The van der Waals surface area contributed by atoms with Crippen LogP contribution in [0, 0.1) is 6.92 Å². The van der Waals surface area contributed by atoms with Crippen LogP contribution < -0.4 is 10.6 Å². The van der Waals surface area contributed by atoms with Crippen molar-refractivity contribution in [1.29, 1.82) is 0 Å². The number of thiophene rings is 1. The zero-order valence-corrected chi connectivity index (χ0v) is 22.8. The first-order chi connectivity index (χ1) is 18.3. The largest absolute Gasteiger partial charge is 0.394 e. The smallest absolute Gasteiger partial charge is 0.255 e. The van der Waals surface area contributed by atoms with Crippen molar-refractivity contribution in [3.63, 3.8) is 0 Å². The number of benzene rings is 1. The minimum Gasteiger partial charge on any atom is -0.394 e. The van der Waals surface area contributed by atoms with Crippen LogP contribution in [0.5, 0.6) is 0 Å². The number of halogens is 1. The van der Waals surface area contributed by atoms with Gasteiger partial charge in [-0.1, -0.05) is 23.7 Å². The SMILES string of the molecule is Cc1cc(C(CO)NC(=O)C(C)N2Cc3ccc(-c4nc(NC5CCOCC5)ncc4Cl)cc3C2=O)cs1. The summed E-state index contributed by atoms with van der Waals surface area (Å²) >= 11 is 8.01. The van der Waals surface area contributed by atoms with Crippen LogP contribution in [0.15, 0.2) is 35.8 Å². The third kappa shape index (κ3) is 5.54. The second-order valence-corrected chi connectivity index (χ2v) is 11.2. The number of nitrogens with one attached hydrogen (secondary N) is 2. The maximum absolute atomic E-state index is 13.4. The number of rotatable bonds is 8. The molecule has 0 saturated carbocycles. The number of aromatic nitrogens is 2. The van der Waals surface area contributed by atoms with E-state index in [1.54, 1.807) is 30.5 Å². The Morgan fingerprint density at radius 2 is 2.11 bits per heavy atom. The first-order valence-corrected chi connectivity index (χ1v) is 13.9. The number of amides is 2. The van der Waals surface area contributed by atoms with Gasteiger partial charge in [-0.15, -0.1) is 11.3 Å². The van der Waals surface area contributed by atoms with Gasteiger partial charge in [0.25, 0.3) is 5.91 Å².